The van der Waals surface area contributed by atoms with E-state index in [1.54, 1.807) is 0 Å². The predicted molar refractivity (Wildman–Crippen MR) is 99.6 cm³/mol. The number of amides is 1. The number of carbonyl (C=O) groups is 2. The van der Waals surface area contributed by atoms with Crippen LogP contribution in [0, 0.1) is 5.82 Å². The van der Waals surface area contributed by atoms with Crippen molar-refractivity contribution < 1.29 is 27.1 Å². The molecule has 1 aliphatic heterocycles. The molecule has 0 spiro atoms. The van der Waals surface area contributed by atoms with Crippen LogP contribution in [0.25, 0.3) is 0 Å². The van der Waals surface area contributed by atoms with Gasteiger partial charge in [0, 0.05) is 12.2 Å². The van der Waals surface area contributed by atoms with Gasteiger partial charge in [0.15, 0.2) is 6.61 Å². The van der Waals surface area contributed by atoms with E-state index in [0.29, 0.717) is 13.0 Å². The van der Waals surface area contributed by atoms with E-state index >= 15 is 0 Å². The number of carbonyl (C=O) groups excluding carboxylic acids is 2. The molecule has 1 atom stereocenters. The average Bonchev–Trinajstić information content (AvgIpc) is 3.10. The Morgan fingerprint density at radius 3 is 2.61 bits per heavy atom. The van der Waals surface area contributed by atoms with Gasteiger partial charge in [0.25, 0.3) is 5.91 Å². The van der Waals surface area contributed by atoms with Crippen LogP contribution in [-0.4, -0.2) is 39.5 Å². The van der Waals surface area contributed by atoms with Crippen LogP contribution in [0.5, 0.6) is 0 Å². The number of hydrogen-bond donors (Lipinski definition) is 1. The minimum absolute atomic E-state index is 0.400. The van der Waals surface area contributed by atoms with E-state index < -0.39 is 45.3 Å². The van der Waals surface area contributed by atoms with Gasteiger partial charge in [-0.2, -0.15) is 4.72 Å². The van der Waals surface area contributed by atoms with Crippen molar-refractivity contribution in [2.24, 2.45) is 0 Å². The third-order valence-electron chi connectivity index (χ3n) is 4.34. The molecule has 0 aliphatic carbocycles. The summed E-state index contributed by atoms with van der Waals surface area (Å²) in [6.45, 7) is 1.24. The smallest absolute Gasteiger partial charge is 0.324 e. The summed E-state index contributed by atoms with van der Waals surface area (Å²) < 4.78 is 45.1. The lowest BCUT2D eigenvalue weighted by molar-refractivity contribution is -0.149. The molecule has 1 aliphatic rings. The highest BCUT2D eigenvalue weighted by atomic mass is 32.2. The van der Waals surface area contributed by atoms with E-state index in [9.17, 15) is 22.4 Å². The Labute approximate surface area is 162 Å². The van der Waals surface area contributed by atoms with Crippen molar-refractivity contribution in [2.75, 3.05) is 18.1 Å². The average molecular weight is 406 g/mol. The minimum Gasteiger partial charge on any atom is -0.454 e. The third kappa shape index (κ3) is 4.20. The number of esters is 1. The van der Waals surface area contributed by atoms with E-state index in [0.717, 1.165) is 23.4 Å². The number of fused-ring (bicyclic) bond motifs is 1. The van der Waals surface area contributed by atoms with Crippen molar-refractivity contribution in [1.29, 1.82) is 0 Å². The van der Waals surface area contributed by atoms with Crippen LogP contribution in [0.15, 0.2) is 53.4 Å². The van der Waals surface area contributed by atoms with Crippen molar-refractivity contribution in [1.82, 2.24) is 4.72 Å². The first kappa shape index (κ1) is 20.0. The minimum atomic E-state index is -4.25. The summed E-state index contributed by atoms with van der Waals surface area (Å²) >= 11 is 0. The van der Waals surface area contributed by atoms with Gasteiger partial charge in [-0.25, -0.2) is 12.8 Å². The molecule has 1 N–H and O–H groups in total. The Morgan fingerprint density at radius 1 is 1.18 bits per heavy atom. The zero-order chi connectivity index (χ0) is 20.3. The normalized spacial score (nSPS) is 14.4. The SMILES string of the molecule is C[C@H](NS(=O)(=O)c1ccccc1F)C(=O)OCC(=O)N1CCc2ccccc21. The maximum absolute atomic E-state index is 13.7. The van der Waals surface area contributed by atoms with Gasteiger partial charge >= 0.3 is 5.97 Å². The highest BCUT2D eigenvalue weighted by Crippen LogP contribution is 2.27. The molecule has 0 unspecified atom stereocenters. The number of benzene rings is 2. The summed E-state index contributed by atoms with van der Waals surface area (Å²) in [5, 5.41) is 0. The zero-order valence-electron chi connectivity index (χ0n) is 15.1. The van der Waals surface area contributed by atoms with E-state index in [1.807, 2.05) is 24.3 Å². The maximum atomic E-state index is 13.7. The molecule has 0 bridgehead atoms. The fourth-order valence-corrected chi connectivity index (χ4v) is 4.21. The molecule has 7 nitrogen and oxygen atoms in total. The standard InChI is InChI=1S/C19H19FN2O5S/c1-13(21-28(25,26)17-9-5-3-7-15(17)20)19(24)27-12-18(23)22-11-10-14-6-2-4-8-16(14)22/h2-9,13,21H,10-12H2,1H3/t13-/m0/s1. The Bertz CT molecular complexity index is 1010. The third-order valence-corrected chi connectivity index (χ3v) is 5.91. The van der Waals surface area contributed by atoms with Gasteiger partial charge in [-0.05, 0) is 37.1 Å². The summed E-state index contributed by atoms with van der Waals surface area (Å²) in [7, 11) is -4.25. The molecular weight excluding hydrogens is 387 g/mol. The molecule has 0 saturated carbocycles. The topological polar surface area (TPSA) is 92.8 Å². The highest BCUT2D eigenvalue weighted by molar-refractivity contribution is 7.89. The molecule has 0 fully saturated rings. The quantitative estimate of drug-likeness (QED) is 0.736. The summed E-state index contributed by atoms with van der Waals surface area (Å²) in [5.41, 5.74) is 1.81. The zero-order valence-corrected chi connectivity index (χ0v) is 15.9. The van der Waals surface area contributed by atoms with Crippen LogP contribution in [0.4, 0.5) is 10.1 Å². The fourth-order valence-electron chi connectivity index (χ4n) is 2.94. The maximum Gasteiger partial charge on any atom is 0.324 e. The van der Waals surface area contributed by atoms with E-state index in [2.05, 4.69) is 4.72 Å². The molecule has 3 rings (SSSR count). The highest BCUT2D eigenvalue weighted by Gasteiger charge is 2.28. The summed E-state index contributed by atoms with van der Waals surface area (Å²) in [4.78, 5) is 25.4. The lowest BCUT2D eigenvalue weighted by Gasteiger charge is -2.18. The molecule has 0 aromatic heterocycles. The second kappa shape index (κ2) is 8.07. The molecule has 1 heterocycles. The van der Waals surface area contributed by atoms with Gasteiger partial charge in [0.05, 0.1) is 0 Å². The number of rotatable bonds is 6. The number of nitrogens with zero attached hydrogens (tertiary/aromatic N) is 1. The van der Waals surface area contributed by atoms with Gasteiger partial charge in [-0.15, -0.1) is 0 Å². The molecule has 148 valence electrons. The first-order valence-electron chi connectivity index (χ1n) is 8.61. The molecule has 9 heteroatoms. The van der Waals surface area contributed by atoms with Crippen molar-refractivity contribution in [3.8, 4) is 0 Å². The first-order chi connectivity index (χ1) is 13.3. The number of para-hydroxylation sites is 1. The molecule has 1 amide bonds. The van der Waals surface area contributed by atoms with E-state index in [4.69, 9.17) is 4.74 Å². The van der Waals surface area contributed by atoms with Gasteiger partial charge in [0.1, 0.15) is 16.8 Å². The Hall–Kier alpha value is -2.78. The Balaban J connectivity index is 1.58. The van der Waals surface area contributed by atoms with Crippen LogP contribution < -0.4 is 9.62 Å². The molecule has 0 radical (unpaired) electrons. The van der Waals surface area contributed by atoms with Crippen molar-refractivity contribution in [3.63, 3.8) is 0 Å². The molecule has 2 aromatic carbocycles. The molecule has 2 aromatic rings. The van der Waals surface area contributed by atoms with Crippen LogP contribution in [0.2, 0.25) is 0 Å². The second-order valence-electron chi connectivity index (χ2n) is 6.31. The fraction of sp³-hybridized carbons (Fsp3) is 0.263. The van der Waals surface area contributed by atoms with Crippen LogP contribution >= 0.6 is 0 Å². The van der Waals surface area contributed by atoms with Crippen LogP contribution in [0.3, 0.4) is 0 Å². The van der Waals surface area contributed by atoms with Crippen LogP contribution in [0.1, 0.15) is 12.5 Å². The van der Waals surface area contributed by atoms with Crippen LogP contribution in [-0.2, 0) is 30.8 Å². The number of halogens is 1. The van der Waals surface area contributed by atoms with Gasteiger partial charge in [-0.1, -0.05) is 30.3 Å². The van der Waals surface area contributed by atoms with E-state index in [-0.39, 0.29) is 0 Å². The van der Waals surface area contributed by atoms with Crippen molar-refractivity contribution >= 4 is 27.6 Å². The summed E-state index contributed by atoms with van der Waals surface area (Å²) in [6.07, 6.45) is 0.717. The number of hydrogen-bond acceptors (Lipinski definition) is 5. The molecule has 0 saturated heterocycles. The van der Waals surface area contributed by atoms with Gasteiger partial charge in [0.2, 0.25) is 10.0 Å². The number of ether oxygens (including phenoxy) is 1. The molecular formula is C19H19FN2O5S. The van der Waals surface area contributed by atoms with Gasteiger partial charge in [-0.3, -0.25) is 9.59 Å². The second-order valence-corrected chi connectivity index (χ2v) is 7.99. The predicted octanol–water partition coefficient (Wildman–Crippen LogP) is 1.62. The number of anilines is 1. The molecule has 28 heavy (non-hydrogen) atoms. The van der Waals surface area contributed by atoms with Crippen molar-refractivity contribution in [2.45, 2.75) is 24.3 Å². The summed E-state index contributed by atoms with van der Waals surface area (Å²) in [6, 6.07) is 11.0. The van der Waals surface area contributed by atoms with E-state index in [1.165, 1.54) is 24.0 Å². The lowest BCUT2D eigenvalue weighted by atomic mass is 10.2. The van der Waals surface area contributed by atoms with Gasteiger partial charge < -0.3 is 9.64 Å². The monoisotopic (exact) mass is 406 g/mol. The Kier molecular flexibility index (Phi) is 5.76. The number of sulfonamides is 1. The summed E-state index contributed by atoms with van der Waals surface area (Å²) in [5.74, 6) is -2.26. The number of nitrogens with one attached hydrogen (secondary N) is 1. The first-order valence-corrected chi connectivity index (χ1v) is 10.1. The van der Waals surface area contributed by atoms with Crippen molar-refractivity contribution in [3.05, 3.63) is 59.9 Å². The lowest BCUT2D eigenvalue weighted by Crippen LogP contribution is -2.41. The largest absolute Gasteiger partial charge is 0.454 e. The Morgan fingerprint density at radius 2 is 1.86 bits per heavy atom.